The first-order valence-electron chi connectivity index (χ1n) is 4.54. The number of nitrogens with zero attached hydrogens (tertiary/aromatic N) is 1. The molecule has 15 heavy (non-hydrogen) atoms. The van der Waals surface area contributed by atoms with Gasteiger partial charge in [0.1, 0.15) is 0 Å². The van der Waals surface area contributed by atoms with Crippen molar-refractivity contribution in [1.82, 2.24) is 0 Å². The number of halogens is 2. The van der Waals surface area contributed by atoms with Crippen molar-refractivity contribution in [2.45, 2.75) is 0 Å². The first-order valence-corrected chi connectivity index (χ1v) is 6.30. The van der Waals surface area contributed by atoms with E-state index < -0.39 is 0 Å². The largest absolute Gasteiger partial charge is 0.283 e. The van der Waals surface area contributed by atoms with E-state index in [9.17, 15) is 0 Å². The summed E-state index contributed by atoms with van der Waals surface area (Å²) in [6, 6.07) is 18.5. The number of anilines is 2. The molecule has 0 spiro atoms. The van der Waals surface area contributed by atoms with Gasteiger partial charge in [0.25, 0.3) is 0 Å². The van der Waals surface area contributed by atoms with E-state index in [1.54, 1.807) is 0 Å². The van der Waals surface area contributed by atoms with Crippen molar-refractivity contribution in [2.24, 2.45) is 0 Å². The molecule has 0 fully saturated rings. The van der Waals surface area contributed by atoms with Gasteiger partial charge in [0, 0.05) is 4.47 Å². The predicted octanol–water partition coefficient (Wildman–Crippen LogP) is 4.94. The zero-order valence-electron chi connectivity index (χ0n) is 7.90. The SMILES string of the molecule is Brc1cccc(N(I)c2ccccc2)c1. The van der Waals surface area contributed by atoms with Crippen molar-refractivity contribution >= 4 is 50.2 Å². The maximum atomic E-state index is 3.47. The van der Waals surface area contributed by atoms with Gasteiger partial charge in [-0.2, -0.15) is 0 Å². The lowest BCUT2D eigenvalue weighted by Crippen LogP contribution is -1.99. The average Bonchev–Trinajstić information content (AvgIpc) is 2.29. The van der Waals surface area contributed by atoms with Crippen LogP contribution in [-0.4, -0.2) is 0 Å². The number of benzene rings is 2. The first-order chi connectivity index (χ1) is 7.27. The van der Waals surface area contributed by atoms with Crippen LogP contribution in [0, 0.1) is 0 Å². The molecule has 0 aliphatic heterocycles. The minimum atomic E-state index is 1.09. The van der Waals surface area contributed by atoms with Crippen molar-refractivity contribution in [2.75, 3.05) is 3.11 Å². The Labute approximate surface area is 112 Å². The summed E-state index contributed by atoms with van der Waals surface area (Å²) in [6.07, 6.45) is 0. The zero-order valence-corrected chi connectivity index (χ0v) is 11.6. The van der Waals surface area contributed by atoms with Crippen LogP contribution in [0.2, 0.25) is 0 Å². The van der Waals surface area contributed by atoms with Crippen LogP contribution in [0.5, 0.6) is 0 Å². The third-order valence-electron chi connectivity index (χ3n) is 2.02. The van der Waals surface area contributed by atoms with E-state index in [1.807, 2.05) is 30.3 Å². The Balaban J connectivity index is 2.32. The molecule has 2 aromatic rings. The Kier molecular flexibility index (Phi) is 3.64. The minimum Gasteiger partial charge on any atom is -0.283 e. The Morgan fingerprint density at radius 3 is 2.20 bits per heavy atom. The molecule has 1 nitrogen and oxygen atoms in total. The van der Waals surface area contributed by atoms with E-state index in [0.717, 1.165) is 10.2 Å². The van der Waals surface area contributed by atoms with Crippen LogP contribution in [0.1, 0.15) is 0 Å². The molecule has 0 radical (unpaired) electrons. The van der Waals surface area contributed by atoms with E-state index in [-0.39, 0.29) is 0 Å². The summed E-state index contributed by atoms with van der Waals surface area (Å²) in [6.45, 7) is 0. The highest BCUT2D eigenvalue weighted by Gasteiger charge is 2.04. The summed E-state index contributed by atoms with van der Waals surface area (Å²) in [4.78, 5) is 0. The average molecular weight is 374 g/mol. The topological polar surface area (TPSA) is 3.24 Å². The number of hydrogen-bond donors (Lipinski definition) is 0. The standard InChI is InChI=1S/C12H9BrIN/c13-10-5-4-8-12(9-10)15(14)11-6-2-1-3-7-11/h1-9H. The van der Waals surface area contributed by atoms with Crippen LogP contribution >= 0.6 is 38.8 Å². The zero-order chi connectivity index (χ0) is 10.7. The summed E-state index contributed by atoms with van der Waals surface area (Å²) >= 11 is 5.78. The summed E-state index contributed by atoms with van der Waals surface area (Å²) in [5.74, 6) is 0. The van der Waals surface area contributed by atoms with Crippen LogP contribution in [0.3, 0.4) is 0 Å². The number of para-hydroxylation sites is 1. The Morgan fingerprint density at radius 1 is 0.867 bits per heavy atom. The Hall–Kier alpha value is -0.550. The summed E-state index contributed by atoms with van der Waals surface area (Å²) in [5.41, 5.74) is 2.34. The van der Waals surface area contributed by atoms with Gasteiger partial charge in [-0.15, -0.1) is 0 Å². The molecule has 0 heterocycles. The van der Waals surface area contributed by atoms with E-state index in [1.165, 1.54) is 5.69 Å². The number of rotatable bonds is 2. The van der Waals surface area contributed by atoms with Gasteiger partial charge in [-0.3, -0.25) is 3.11 Å². The van der Waals surface area contributed by atoms with Crippen LogP contribution in [0.25, 0.3) is 0 Å². The second-order valence-corrected chi connectivity index (χ2v) is 4.98. The summed E-state index contributed by atoms with van der Waals surface area (Å²) in [7, 11) is 0. The van der Waals surface area contributed by atoms with Crippen molar-refractivity contribution in [1.29, 1.82) is 0 Å². The smallest absolute Gasteiger partial charge is 0.0646 e. The van der Waals surface area contributed by atoms with Gasteiger partial charge < -0.3 is 0 Å². The summed E-state index contributed by atoms with van der Waals surface area (Å²) in [5, 5.41) is 0. The fourth-order valence-electron chi connectivity index (χ4n) is 1.31. The maximum absolute atomic E-state index is 3.47. The second-order valence-electron chi connectivity index (χ2n) is 3.10. The highest BCUT2D eigenvalue weighted by atomic mass is 127. The molecule has 76 valence electrons. The molecule has 0 aromatic heterocycles. The van der Waals surface area contributed by atoms with E-state index >= 15 is 0 Å². The molecule has 3 heteroatoms. The quantitative estimate of drug-likeness (QED) is 0.532. The summed E-state index contributed by atoms with van der Waals surface area (Å²) < 4.78 is 3.22. The van der Waals surface area contributed by atoms with Gasteiger partial charge in [-0.1, -0.05) is 40.2 Å². The van der Waals surface area contributed by atoms with Crippen LogP contribution in [0.4, 0.5) is 11.4 Å². The minimum absolute atomic E-state index is 1.09. The van der Waals surface area contributed by atoms with E-state index in [2.05, 4.69) is 66.2 Å². The second kappa shape index (κ2) is 4.99. The molecule has 0 amide bonds. The molecule has 0 atom stereocenters. The van der Waals surface area contributed by atoms with Crippen LogP contribution in [0.15, 0.2) is 59.1 Å². The maximum Gasteiger partial charge on any atom is 0.0646 e. The fourth-order valence-corrected chi connectivity index (χ4v) is 2.32. The van der Waals surface area contributed by atoms with Crippen LogP contribution < -0.4 is 3.11 Å². The molecule has 0 unspecified atom stereocenters. The third kappa shape index (κ3) is 2.72. The lowest BCUT2D eigenvalue weighted by Gasteiger charge is -2.16. The van der Waals surface area contributed by atoms with Gasteiger partial charge in [-0.25, -0.2) is 0 Å². The van der Waals surface area contributed by atoms with Gasteiger partial charge in [0.15, 0.2) is 0 Å². The molecule has 2 rings (SSSR count). The highest BCUT2D eigenvalue weighted by molar-refractivity contribution is 14.1. The molecule has 0 bridgehead atoms. The Morgan fingerprint density at radius 2 is 1.53 bits per heavy atom. The molecular formula is C12H9BrIN. The third-order valence-corrected chi connectivity index (χ3v) is 3.63. The monoisotopic (exact) mass is 373 g/mol. The molecule has 0 saturated heterocycles. The fraction of sp³-hybridized carbons (Fsp3) is 0. The van der Waals surface area contributed by atoms with Crippen molar-refractivity contribution < 1.29 is 0 Å². The lowest BCUT2D eigenvalue weighted by molar-refractivity contribution is 1.46. The van der Waals surface area contributed by atoms with Gasteiger partial charge in [-0.05, 0) is 30.3 Å². The van der Waals surface area contributed by atoms with E-state index in [0.29, 0.717) is 0 Å². The molecular weight excluding hydrogens is 365 g/mol. The molecule has 0 N–H and O–H groups in total. The molecule has 2 aromatic carbocycles. The van der Waals surface area contributed by atoms with Crippen molar-refractivity contribution in [3.8, 4) is 0 Å². The van der Waals surface area contributed by atoms with Crippen molar-refractivity contribution in [3.05, 3.63) is 59.1 Å². The normalized spacial score (nSPS) is 10.0. The van der Waals surface area contributed by atoms with Gasteiger partial charge in [0.05, 0.1) is 34.2 Å². The van der Waals surface area contributed by atoms with Gasteiger partial charge in [0.2, 0.25) is 0 Å². The highest BCUT2D eigenvalue weighted by Crippen LogP contribution is 2.30. The van der Waals surface area contributed by atoms with Crippen molar-refractivity contribution in [3.63, 3.8) is 0 Å². The predicted molar refractivity (Wildman–Crippen MR) is 76.7 cm³/mol. The molecule has 0 aliphatic carbocycles. The number of hydrogen-bond acceptors (Lipinski definition) is 1. The van der Waals surface area contributed by atoms with Crippen LogP contribution in [-0.2, 0) is 0 Å². The first kappa shape index (κ1) is 11.0. The van der Waals surface area contributed by atoms with Gasteiger partial charge >= 0.3 is 0 Å². The molecule has 0 saturated carbocycles. The lowest BCUT2D eigenvalue weighted by atomic mass is 10.3. The molecule has 0 aliphatic rings. The van der Waals surface area contributed by atoms with E-state index in [4.69, 9.17) is 0 Å². The Bertz CT molecular complexity index is 444.